The van der Waals surface area contributed by atoms with Crippen molar-refractivity contribution in [1.29, 1.82) is 0 Å². The molecular weight excluding hydrogens is 723 g/mol. The molecule has 4 N–H and O–H groups in total. The number of alkyl carbamates (subject to hydrolysis) is 1. The highest BCUT2D eigenvalue weighted by molar-refractivity contribution is 5.82. The summed E-state index contributed by atoms with van der Waals surface area (Å²) >= 11 is 0. The van der Waals surface area contributed by atoms with Gasteiger partial charge in [-0.2, -0.15) is 0 Å². The monoisotopic (exact) mass is 798 g/mol. The first-order valence-electron chi connectivity index (χ1n) is 21.8. The molecule has 4 aliphatic rings. The Morgan fingerprint density at radius 2 is 1.51 bits per heavy atom. The second-order valence-electron chi connectivity index (χ2n) is 21.7. The van der Waals surface area contributed by atoms with Crippen LogP contribution in [0.2, 0.25) is 0 Å². The molecule has 0 unspecified atom stereocenters. The molecule has 11 atom stereocenters. The van der Waals surface area contributed by atoms with E-state index >= 15 is 0 Å². The van der Waals surface area contributed by atoms with Gasteiger partial charge >= 0.3 is 18.0 Å². The molecule has 1 aromatic rings. The number of hydrogen-bond donors (Lipinski definition) is 4. The van der Waals surface area contributed by atoms with Crippen molar-refractivity contribution in [1.82, 2.24) is 5.32 Å². The molecule has 322 valence electrons. The van der Waals surface area contributed by atoms with Crippen molar-refractivity contribution in [2.75, 3.05) is 0 Å². The van der Waals surface area contributed by atoms with Crippen LogP contribution in [-0.2, 0) is 30.4 Å². The fourth-order valence-electron chi connectivity index (χ4n) is 12.7. The third-order valence-electron chi connectivity index (χ3n) is 15.7. The Morgan fingerprint density at radius 1 is 0.860 bits per heavy atom. The van der Waals surface area contributed by atoms with Gasteiger partial charge in [0.1, 0.15) is 24.4 Å². The number of carbonyl (C=O) groups excluding carboxylic acids is 3. The first-order chi connectivity index (χ1) is 26.2. The minimum absolute atomic E-state index is 0.00532. The number of fused-ring (bicyclic) bond motifs is 5. The molecule has 0 heterocycles. The van der Waals surface area contributed by atoms with Gasteiger partial charge in [-0.25, -0.2) is 9.59 Å². The molecule has 4 saturated carbocycles. The van der Waals surface area contributed by atoms with Gasteiger partial charge in [0.25, 0.3) is 0 Å². The Hall–Kier alpha value is -2.69. The van der Waals surface area contributed by atoms with E-state index in [0.717, 1.165) is 44.1 Å². The molecule has 0 spiro atoms. The highest BCUT2D eigenvalue weighted by Crippen LogP contribution is 2.76. The number of hydrogen-bond acceptors (Lipinski definition) is 9. The van der Waals surface area contributed by atoms with Gasteiger partial charge in [0.05, 0.1) is 17.3 Å². The van der Waals surface area contributed by atoms with Crippen LogP contribution in [0.5, 0.6) is 0 Å². The largest absolute Gasteiger partial charge is 0.461 e. The second kappa shape index (κ2) is 16.4. The molecular formula is C47H75NO9. The van der Waals surface area contributed by atoms with Crippen LogP contribution >= 0.6 is 0 Å². The summed E-state index contributed by atoms with van der Waals surface area (Å²) < 4.78 is 17.3. The fraction of sp³-hybridized carbons (Fsp3) is 0.809. The molecule has 10 heteroatoms. The zero-order valence-corrected chi connectivity index (χ0v) is 36.9. The van der Waals surface area contributed by atoms with Crippen LogP contribution < -0.4 is 5.32 Å². The van der Waals surface area contributed by atoms with E-state index < -0.39 is 58.5 Å². The summed E-state index contributed by atoms with van der Waals surface area (Å²) in [7, 11) is 0. The highest BCUT2D eigenvalue weighted by Gasteiger charge is 2.71. The molecule has 4 fully saturated rings. The van der Waals surface area contributed by atoms with E-state index in [1.165, 1.54) is 0 Å². The molecule has 5 rings (SSSR count). The van der Waals surface area contributed by atoms with Crippen LogP contribution in [0.15, 0.2) is 30.3 Å². The van der Waals surface area contributed by atoms with E-state index in [4.69, 9.17) is 14.2 Å². The van der Waals surface area contributed by atoms with Crippen LogP contribution in [-0.4, -0.2) is 68.4 Å². The summed E-state index contributed by atoms with van der Waals surface area (Å²) in [5.74, 6) is -0.620. The Morgan fingerprint density at radius 3 is 2.14 bits per heavy atom. The summed E-state index contributed by atoms with van der Waals surface area (Å²) in [6, 6.07) is 8.27. The SMILES string of the molecule is CC(C)(O)CCC[C@@](C)(O)[C@H]1CC[C@]2(C)[C@@H]1[C@H](O)C[C@@H]1[C@@]3(C)CC[C@H](OC(=O)[C@H](CCC(=O)OCc4ccccc4)NC(=O)OC(C)(C)C)C(C)(C)[C@@H]3CC[C@]12C. The van der Waals surface area contributed by atoms with Gasteiger partial charge in [-0.3, -0.25) is 4.79 Å². The van der Waals surface area contributed by atoms with E-state index in [1.807, 2.05) is 51.1 Å². The summed E-state index contributed by atoms with van der Waals surface area (Å²) in [6.45, 7) is 22.6. The van der Waals surface area contributed by atoms with Crippen LogP contribution in [0, 0.1) is 45.3 Å². The van der Waals surface area contributed by atoms with Gasteiger partial charge in [-0.15, -0.1) is 0 Å². The minimum atomic E-state index is -1.10. The first kappa shape index (κ1) is 45.4. The predicted molar refractivity (Wildman–Crippen MR) is 220 cm³/mol. The van der Waals surface area contributed by atoms with Crippen molar-refractivity contribution < 1.29 is 43.9 Å². The molecule has 4 aliphatic carbocycles. The topological polar surface area (TPSA) is 152 Å². The third kappa shape index (κ3) is 9.54. The molecule has 0 aromatic heterocycles. The third-order valence-corrected chi connectivity index (χ3v) is 15.7. The van der Waals surface area contributed by atoms with E-state index in [-0.39, 0.29) is 59.4 Å². The number of carbonyl (C=O) groups is 3. The Labute approximate surface area is 342 Å². The zero-order chi connectivity index (χ0) is 42.4. The van der Waals surface area contributed by atoms with Crippen molar-refractivity contribution in [2.24, 2.45) is 45.3 Å². The molecule has 0 bridgehead atoms. The van der Waals surface area contributed by atoms with Gasteiger partial charge in [0.2, 0.25) is 0 Å². The van der Waals surface area contributed by atoms with E-state index in [2.05, 4.69) is 39.9 Å². The molecule has 10 nitrogen and oxygen atoms in total. The first-order valence-corrected chi connectivity index (χ1v) is 21.8. The number of rotatable bonds is 13. The maximum absolute atomic E-state index is 14.0. The van der Waals surface area contributed by atoms with E-state index in [1.54, 1.807) is 20.8 Å². The second-order valence-corrected chi connectivity index (χ2v) is 21.7. The summed E-state index contributed by atoms with van der Waals surface area (Å²) in [5, 5.41) is 37.1. The van der Waals surface area contributed by atoms with Gasteiger partial charge in [-0.05, 0) is 158 Å². The predicted octanol–water partition coefficient (Wildman–Crippen LogP) is 8.66. The van der Waals surface area contributed by atoms with Crippen molar-refractivity contribution in [3.05, 3.63) is 35.9 Å². The number of esters is 2. The Balaban J connectivity index is 1.29. The Kier molecular flexibility index (Phi) is 13.1. The smallest absolute Gasteiger partial charge is 0.408 e. The quantitative estimate of drug-likeness (QED) is 0.114. The molecule has 57 heavy (non-hydrogen) atoms. The van der Waals surface area contributed by atoms with E-state index in [0.29, 0.717) is 25.7 Å². The van der Waals surface area contributed by atoms with Crippen molar-refractivity contribution in [2.45, 2.75) is 195 Å². The number of nitrogens with one attached hydrogen (secondary N) is 1. The normalized spacial score (nSPS) is 35.1. The maximum Gasteiger partial charge on any atom is 0.408 e. The lowest BCUT2D eigenvalue weighted by Crippen LogP contribution is -2.67. The Bertz CT molecular complexity index is 1580. The number of amides is 1. The zero-order valence-electron chi connectivity index (χ0n) is 36.9. The number of ether oxygens (including phenoxy) is 3. The lowest BCUT2D eigenvalue weighted by molar-refractivity contribution is -0.249. The number of aliphatic hydroxyl groups is 3. The number of aliphatic hydroxyl groups excluding tert-OH is 1. The summed E-state index contributed by atoms with van der Waals surface area (Å²) in [4.78, 5) is 39.8. The van der Waals surface area contributed by atoms with Crippen molar-refractivity contribution >= 4 is 18.0 Å². The van der Waals surface area contributed by atoms with Gasteiger partial charge in [-0.1, -0.05) is 65.0 Å². The van der Waals surface area contributed by atoms with Crippen LogP contribution in [0.1, 0.15) is 159 Å². The lowest BCUT2D eigenvalue weighted by atomic mass is 9.35. The van der Waals surface area contributed by atoms with Crippen LogP contribution in [0.3, 0.4) is 0 Å². The lowest BCUT2D eigenvalue weighted by Gasteiger charge is -2.70. The average molecular weight is 798 g/mol. The summed E-state index contributed by atoms with van der Waals surface area (Å²) in [5.41, 5.74) is -2.34. The molecule has 1 aromatic carbocycles. The molecule has 0 saturated heterocycles. The van der Waals surface area contributed by atoms with Gasteiger partial charge in [0, 0.05) is 11.8 Å². The minimum Gasteiger partial charge on any atom is -0.461 e. The number of benzene rings is 1. The van der Waals surface area contributed by atoms with Gasteiger partial charge in [0.15, 0.2) is 0 Å². The average Bonchev–Trinajstić information content (AvgIpc) is 3.48. The standard InChI is InChI=1S/C47H75NO9/c1-41(2,3)57-40(52)48-32(18-19-37(50)55-29-30-16-13-12-14-17-30)39(51)56-36-22-25-44(8)34(43(36,6)7)21-27-45(9)35(44)28-33(49)38-31(20-26-46(38,45)10)47(11,54)24-15-23-42(4,5)53/h12-14,16-17,31-36,38,49,53-54H,15,18-29H2,1-11H3,(H,48,52)/t31-,32-,33+,34-,35+,36-,38-,44-,45+,46+,47+/m0/s1. The summed E-state index contributed by atoms with van der Waals surface area (Å²) in [6.07, 6.45) is 6.12. The molecule has 0 radical (unpaired) electrons. The highest BCUT2D eigenvalue weighted by atomic mass is 16.6. The fourth-order valence-corrected chi connectivity index (χ4v) is 12.7. The van der Waals surface area contributed by atoms with Crippen molar-refractivity contribution in [3.8, 4) is 0 Å². The van der Waals surface area contributed by atoms with Crippen LogP contribution in [0.4, 0.5) is 4.79 Å². The van der Waals surface area contributed by atoms with Crippen molar-refractivity contribution in [3.63, 3.8) is 0 Å². The van der Waals surface area contributed by atoms with E-state index in [9.17, 15) is 29.7 Å². The molecule has 1 amide bonds. The molecule has 0 aliphatic heterocycles. The maximum atomic E-state index is 14.0. The van der Waals surface area contributed by atoms with Crippen LogP contribution in [0.25, 0.3) is 0 Å². The van der Waals surface area contributed by atoms with Gasteiger partial charge < -0.3 is 34.8 Å².